The number of hydrogen-bond donors (Lipinski definition) is 0. The van der Waals surface area contributed by atoms with E-state index in [4.69, 9.17) is 11.6 Å². The van der Waals surface area contributed by atoms with E-state index in [2.05, 4.69) is 9.72 Å². The van der Waals surface area contributed by atoms with Crippen molar-refractivity contribution in [3.05, 3.63) is 77.6 Å². The van der Waals surface area contributed by atoms with Crippen LogP contribution in [0.5, 0.6) is 5.75 Å². The molecular weight excluding hydrogens is 453 g/mol. The topological polar surface area (TPSA) is 61.2 Å². The number of ether oxygens (including phenoxy) is 1. The highest BCUT2D eigenvalue weighted by molar-refractivity contribution is 7.90. The fourth-order valence-electron chi connectivity index (χ4n) is 3.17. The van der Waals surface area contributed by atoms with Crippen molar-refractivity contribution in [3.8, 4) is 16.9 Å². The van der Waals surface area contributed by atoms with E-state index < -0.39 is 22.1 Å². The smallest absolute Gasteiger partial charge is 0.406 e. The molecule has 5 nitrogen and oxygen atoms in total. The van der Waals surface area contributed by atoms with Gasteiger partial charge in [-0.05, 0) is 42.8 Å². The lowest BCUT2D eigenvalue weighted by Gasteiger charge is -2.10. The first-order valence-electron chi connectivity index (χ1n) is 8.90. The van der Waals surface area contributed by atoms with Crippen molar-refractivity contribution in [1.29, 1.82) is 0 Å². The van der Waals surface area contributed by atoms with Crippen molar-refractivity contribution in [1.82, 2.24) is 8.96 Å². The van der Waals surface area contributed by atoms with Gasteiger partial charge in [0.05, 0.1) is 9.92 Å². The van der Waals surface area contributed by atoms with Gasteiger partial charge in [-0.2, -0.15) is 0 Å². The average Bonchev–Trinajstić information content (AvgIpc) is 3.09. The van der Waals surface area contributed by atoms with Gasteiger partial charge in [-0.15, -0.1) is 13.2 Å². The average molecular weight is 467 g/mol. The summed E-state index contributed by atoms with van der Waals surface area (Å²) >= 11 is 6.33. The summed E-state index contributed by atoms with van der Waals surface area (Å²) < 4.78 is 69.4. The van der Waals surface area contributed by atoms with E-state index in [-0.39, 0.29) is 15.6 Å². The Kier molecular flexibility index (Phi) is 5.18. The molecule has 0 saturated heterocycles. The summed E-state index contributed by atoms with van der Waals surface area (Å²) in [7, 11) is -4.04. The molecule has 0 aliphatic rings. The lowest BCUT2D eigenvalue weighted by atomic mass is 10.1. The van der Waals surface area contributed by atoms with Crippen molar-refractivity contribution in [2.45, 2.75) is 18.2 Å². The Bertz CT molecular complexity index is 1380. The molecule has 31 heavy (non-hydrogen) atoms. The quantitative estimate of drug-likeness (QED) is 0.381. The molecule has 0 amide bonds. The third kappa shape index (κ3) is 4.11. The van der Waals surface area contributed by atoms with Gasteiger partial charge in [0.2, 0.25) is 0 Å². The molecule has 4 aromatic rings. The molecule has 0 bridgehead atoms. The van der Waals surface area contributed by atoms with Gasteiger partial charge in [0, 0.05) is 23.3 Å². The largest absolute Gasteiger partial charge is 0.573 e. The van der Waals surface area contributed by atoms with E-state index in [1.54, 1.807) is 12.1 Å². The Labute approximate surface area is 180 Å². The number of aromatic nitrogens is 2. The third-order valence-electron chi connectivity index (χ3n) is 4.56. The van der Waals surface area contributed by atoms with Gasteiger partial charge in [-0.3, -0.25) is 0 Å². The van der Waals surface area contributed by atoms with Gasteiger partial charge in [-0.1, -0.05) is 41.4 Å². The third-order valence-corrected chi connectivity index (χ3v) is 6.54. The van der Waals surface area contributed by atoms with Crippen molar-refractivity contribution in [2.75, 3.05) is 0 Å². The minimum absolute atomic E-state index is 0.0393. The lowest BCUT2D eigenvalue weighted by Crippen LogP contribution is -2.17. The predicted molar refractivity (Wildman–Crippen MR) is 111 cm³/mol. The molecule has 0 aliphatic carbocycles. The van der Waals surface area contributed by atoms with E-state index in [1.165, 1.54) is 42.7 Å². The van der Waals surface area contributed by atoms with Crippen LogP contribution >= 0.6 is 11.6 Å². The first-order chi connectivity index (χ1) is 14.6. The maximum atomic E-state index is 13.3. The second-order valence-electron chi connectivity index (χ2n) is 6.72. The summed E-state index contributed by atoms with van der Waals surface area (Å²) in [5, 5.41) is 0.504. The standard InChI is InChI=1S/C21H14ClF3N2O3S/c1-13-5-7-16(8-6-13)31(28,29)27-12-17(19-18(22)9-10-26-20(19)27)14-3-2-4-15(11-14)30-21(23,24)25/h2-12H,1H3. The fraction of sp³-hybridized carbons (Fsp3) is 0.0952. The normalized spacial score (nSPS) is 12.3. The molecular formula is C21H14ClF3N2O3S. The SMILES string of the molecule is Cc1ccc(S(=O)(=O)n2cc(-c3cccc(OC(F)(F)F)c3)c3c(Cl)ccnc32)cc1. The zero-order chi connectivity index (χ0) is 22.4. The monoisotopic (exact) mass is 466 g/mol. The van der Waals surface area contributed by atoms with Gasteiger partial charge in [0.25, 0.3) is 10.0 Å². The molecule has 2 aromatic heterocycles. The number of rotatable bonds is 4. The van der Waals surface area contributed by atoms with Crippen LogP contribution in [0.2, 0.25) is 5.02 Å². The molecule has 160 valence electrons. The van der Waals surface area contributed by atoms with Gasteiger partial charge >= 0.3 is 6.36 Å². The fourth-order valence-corrected chi connectivity index (χ4v) is 4.73. The number of nitrogens with zero attached hydrogens (tertiary/aromatic N) is 2. The van der Waals surface area contributed by atoms with Crippen LogP contribution in [0.4, 0.5) is 13.2 Å². The molecule has 10 heteroatoms. The predicted octanol–water partition coefficient (Wildman–Crippen LogP) is 5.80. The molecule has 0 atom stereocenters. The van der Waals surface area contributed by atoms with Crippen LogP contribution < -0.4 is 4.74 Å². The molecule has 0 fully saturated rings. The van der Waals surface area contributed by atoms with Crippen LogP contribution in [0, 0.1) is 6.92 Å². The summed E-state index contributed by atoms with van der Waals surface area (Å²) in [6.07, 6.45) is -2.20. The molecule has 0 aliphatic heterocycles. The Balaban J connectivity index is 1.93. The number of alkyl halides is 3. The molecule has 0 radical (unpaired) electrons. The summed E-state index contributed by atoms with van der Waals surface area (Å²) in [6.45, 7) is 1.83. The Morgan fingerprint density at radius 3 is 2.45 bits per heavy atom. The van der Waals surface area contributed by atoms with E-state index >= 15 is 0 Å². The summed E-state index contributed by atoms with van der Waals surface area (Å²) in [5.41, 5.74) is 1.54. The van der Waals surface area contributed by atoms with Crippen LogP contribution in [-0.4, -0.2) is 23.7 Å². The summed E-state index contributed by atoms with van der Waals surface area (Å²) in [6, 6.07) is 13.0. The minimum Gasteiger partial charge on any atom is -0.406 e. The molecule has 0 N–H and O–H groups in total. The van der Waals surface area contributed by atoms with Crippen LogP contribution in [-0.2, 0) is 10.0 Å². The van der Waals surface area contributed by atoms with E-state index in [1.807, 2.05) is 6.92 Å². The maximum absolute atomic E-state index is 13.3. The molecule has 2 aromatic carbocycles. The molecule has 4 rings (SSSR count). The Morgan fingerprint density at radius 2 is 1.77 bits per heavy atom. The summed E-state index contributed by atoms with van der Waals surface area (Å²) in [4.78, 5) is 4.21. The van der Waals surface area contributed by atoms with Crippen molar-refractivity contribution >= 4 is 32.7 Å². The number of benzene rings is 2. The zero-order valence-corrected chi connectivity index (χ0v) is 17.5. The lowest BCUT2D eigenvalue weighted by molar-refractivity contribution is -0.274. The van der Waals surface area contributed by atoms with E-state index in [0.29, 0.717) is 16.5 Å². The maximum Gasteiger partial charge on any atom is 0.573 e. The van der Waals surface area contributed by atoms with Gasteiger partial charge < -0.3 is 4.74 Å². The number of aryl methyl sites for hydroxylation is 1. The van der Waals surface area contributed by atoms with Gasteiger partial charge in [0.1, 0.15) is 5.75 Å². The molecule has 0 saturated carbocycles. The van der Waals surface area contributed by atoms with Crippen molar-refractivity contribution in [2.24, 2.45) is 0 Å². The van der Waals surface area contributed by atoms with Crippen LogP contribution in [0.25, 0.3) is 22.2 Å². The minimum atomic E-state index is -4.86. The molecule has 0 unspecified atom stereocenters. The number of fused-ring (bicyclic) bond motifs is 1. The number of halogens is 4. The highest BCUT2D eigenvalue weighted by Gasteiger charge is 2.31. The van der Waals surface area contributed by atoms with Gasteiger partial charge in [-0.25, -0.2) is 17.4 Å². The highest BCUT2D eigenvalue weighted by Crippen LogP contribution is 2.37. The number of hydrogen-bond acceptors (Lipinski definition) is 4. The molecule has 2 heterocycles. The van der Waals surface area contributed by atoms with Gasteiger partial charge in [0.15, 0.2) is 5.65 Å². The van der Waals surface area contributed by atoms with E-state index in [9.17, 15) is 21.6 Å². The summed E-state index contributed by atoms with van der Waals surface area (Å²) in [5.74, 6) is -0.438. The van der Waals surface area contributed by atoms with Crippen molar-refractivity contribution in [3.63, 3.8) is 0 Å². The van der Waals surface area contributed by atoms with Crippen LogP contribution in [0.1, 0.15) is 5.56 Å². The van der Waals surface area contributed by atoms with E-state index in [0.717, 1.165) is 21.7 Å². The van der Waals surface area contributed by atoms with Crippen LogP contribution in [0.3, 0.4) is 0 Å². The Hall–Kier alpha value is -3.04. The van der Waals surface area contributed by atoms with Crippen LogP contribution in [0.15, 0.2) is 71.9 Å². The Morgan fingerprint density at radius 1 is 1.06 bits per heavy atom. The molecule has 0 spiro atoms. The first kappa shape index (κ1) is 21.2. The highest BCUT2D eigenvalue weighted by atomic mass is 35.5. The number of pyridine rings is 1. The first-order valence-corrected chi connectivity index (χ1v) is 10.7. The van der Waals surface area contributed by atoms with Crippen molar-refractivity contribution < 1.29 is 26.3 Å². The second kappa shape index (κ2) is 7.58. The second-order valence-corrected chi connectivity index (χ2v) is 8.95. The zero-order valence-electron chi connectivity index (χ0n) is 15.9.